The molecule has 0 N–H and O–H groups in total. The smallest absolute Gasteiger partial charge is 0.0455 e. The van der Waals surface area contributed by atoms with E-state index in [4.69, 9.17) is 11.6 Å². The quantitative estimate of drug-likeness (QED) is 0.693. The van der Waals surface area contributed by atoms with Crippen LogP contribution in [0.15, 0.2) is 37.0 Å². The summed E-state index contributed by atoms with van der Waals surface area (Å²) in [6.07, 6.45) is 1.78. The molecule has 1 rings (SSSR count). The van der Waals surface area contributed by atoms with E-state index in [0.717, 1.165) is 17.1 Å². The molecule has 12 heavy (non-hydrogen) atoms. The normalized spacial score (nSPS) is 9.50. The second-order valence-electron chi connectivity index (χ2n) is 2.69. The van der Waals surface area contributed by atoms with Crippen molar-refractivity contribution >= 4 is 11.6 Å². The Hall–Kier alpha value is -0.950. The van der Waals surface area contributed by atoms with Gasteiger partial charge >= 0.3 is 0 Å². The molecule has 0 saturated heterocycles. The minimum atomic E-state index is 0.809. The van der Waals surface area contributed by atoms with Gasteiger partial charge in [-0.05, 0) is 17.8 Å². The fraction of sp³-hybridized carbons (Fsp3) is 0.200. The molecule has 0 spiro atoms. The van der Waals surface area contributed by atoms with Crippen LogP contribution in [0.25, 0.3) is 0 Å². The third-order valence-electron chi connectivity index (χ3n) is 1.69. The standard InChI is InChI=1S/C10H12ClN/c1-3-12(2)8-9-6-4-5-7-10(9)11/h3-7H,1,8H2,2H3. The molecular formula is C10H12ClN. The Balaban J connectivity index is 2.75. The maximum atomic E-state index is 5.96. The lowest BCUT2D eigenvalue weighted by molar-refractivity contribution is 0.452. The van der Waals surface area contributed by atoms with E-state index in [0.29, 0.717) is 0 Å². The molecular weight excluding hydrogens is 170 g/mol. The van der Waals surface area contributed by atoms with Gasteiger partial charge in [0.1, 0.15) is 0 Å². The van der Waals surface area contributed by atoms with Gasteiger partial charge in [0.15, 0.2) is 0 Å². The molecule has 0 aromatic heterocycles. The molecule has 0 amide bonds. The Bertz CT molecular complexity index is 270. The van der Waals surface area contributed by atoms with Crippen LogP contribution < -0.4 is 0 Å². The van der Waals surface area contributed by atoms with Crippen LogP contribution in [0.5, 0.6) is 0 Å². The molecule has 0 unspecified atom stereocenters. The average molecular weight is 182 g/mol. The van der Waals surface area contributed by atoms with E-state index >= 15 is 0 Å². The van der Waals surface area contributed by atoms with Crippen LogP contribution in [-0.4, -0.2) is 11.9 Å². The number of hydrogen-bond donors (Lipinski definition) is 0. The zero-order valence-corrected chi connectivity index (χ0v) is 7.88. The van der Waals surface area contributed by atoms with Gasteiger partial charge in [-0.25, -0.2) is 0 Å². The van der Waals surface area contributed by atoms with E-state index < -0.39 is 0 Å². The lowest BCUT2D eigenvalue weighted by Crippen LogP contribution is -2.09. The predicted octanol–water partition coefficient (Wildman–Crippen LogP) is 2.92. The second-order valence-corrected chi connectivity index (χ2v) is 3.10. The first-order valence-corrected chi connectivity index (χ1v) is 4.18. The summed E-state index contributed by atoms with van der Waals surface area (Å²) in [5, 5.41) is 0.811. The van der Waals surface area contributed by atoms with E-state index in [1.165, 1.54) is 0 Å². The number of hydrogen-bond acceptors (Lipinski definition) is 1. The highest BCUT2D eigenvalue weighted by Gasteiger charge is 1.98. The van der Waals surface area contributed by atoms with Crippen LogP contribution in [0.1, 0.15) is 5.56 Å². The number of halogens is 1. The van der Waals surface area contributed by atoms with Crippen molar-refractivity contribution in [2.45, 2.75) is 6.54 Å². The molecule has 0 aliphatic carbocycles. The fourth-order valence-corrected chi connectivity index (χ4v) is 1.16. The van der Waals surface area contributed by atoms with E-state index in [9.17, 15) is 0 Å². The number of benzene rings is 1. The van der Waals surface area contributed by atoms with E-state index in [1.54, 1.807) is 6.20 Å². The molecule has 0 bridgehead atoms. The van der Waals surface area contributed by atoms with E-state index in [1.807, 2.05) is 36.2 Å². The van der Waals surface area contributed by atoms with Crippen LogP contribution in [0.2, 0.25) is 5.02 Å². The average Bonchev–Trinajstić information content (AvgIpc) is 2.09. The highest BCUT2D eigenvalue weighted by atomic mass is 35.5. The summed E-state index contributed by atoms with van der Waals surface area (Å²) >= 11 is 5.96. The molecule has 1 aromatic carbocycles. The molecule has 2 heteroatoms. The largest absolute Gasteiger partial charge is 0.377 e. The Morgan fingerprint density at radius 2 is 2.17 bits per heavy atom. The molecule has 64 valence electrons. The lowest BCUT2D eigenvalue weighted by atomic mass is 10.2. The monoisotopic (exact) mass is 181 g/mol. The number of nitrogens with zero attached hydrogens (tertiary/aromatic N) is 1. The summed E-state index contributed by atoms with van der Waals surface area (Å²) in [5.41, 5.74) is 1.13. The van der Waals surface area contributed by atoms with Gasteiger partial charge in [0.25, 0.3) is 0 Å². The van der Waals surface area contributed by atoms with E-state index in [-0.39, 0.29) is 0 Å². The predicted molar refractivity (Wildman–Crippen MR) is 53.1 cm³/mol. The van der Waals surface area contributed by atoms with Crippen molar-refractivity contribution in [3.63, 3.8) is 0 Å². The van der Waals surface area contributed by atoms with Crippen LogP contribution in [0.3, 0.4) is 0 Å². The maximum absolute atomic E-state index is 5.96. The molecule has 0 aliphatic heterocycles. The zero-order chi connectivity index (χ0) is 8.97. The van der Waals surface area contributed by atoms with Gasteiger partial charge in [-0.2, -0.15) is 0 Å². The minimum absolute atomic E-state index is 0.809. The first-order valence-electron chi connectivity index (χ1n) is 3.80. The van der Waals surface area contributed by atoms with Gasteiger partial charge in [-0.3, -0.25) is 0 Å². The van der Waals surface area contributed by atoms with Crippen molar-refractivity contribution in [1.29, 1.82) is 0 Å². The summed E-state index contributed by atoms with van der Waals surface area (Å²) < 4.78 is 0. The molecule has 0 radical (unpaired) electrons. The van der Waals surface area contributed by atoms with Crippen molar-refractivity contribution in [3.8, 4) is 0 Å². The van der Waals surface area contributed by atoms with Gasteiger partial charge < -0.3 is 4.90 Å². The van der Waals surface area contributed by atoms with Crippen LogP contribution >= 0.6 is 11.6 Å². The SMILES string of the molecule is C=CN(C)Cc1ccccc1Cl. The molecule has 0 atom stereocenters. The summed E-state index contributed by atoms with van der Waals surface area (Å²) in [5.74, 6) is 0. The summed E-state index contributed by atoms with van der Waals surface area (Å²) in [6, 6.07) is 7.83. The van der Waals surface area contributed by atoms with Crippen LogP contribution in [0, 0.1) is 0 Å². The molecule has 0 fully saturated rings. The van der Waals surface area contributed by atoms with Crippen molar-refractivity contribution in [3.05, 3.63) is 47.6 Å². The van der Waals surface area contributed by atoms with Crippen LogP contribution in [0.4, 0.5) is 0 Å². The topological polar surface area (TPSA) is 3.24 Å². The van der Waals surface area contributed by atoms with Gasteiger partial charge in [-0.1, -0.05) is 36.4 Å². The Kier molecular flexibility index (Phi) is 3.18. The summed E-state index contributed by atoms with van der Waals surface area (Å²) in [6.45, 7) is 4.48. The Morgan fingerprint density at radius 3 is 2.75 bits per heavy atom. The van der Waals surface area contributed by atoms with Crippen molar-refractivity contribution in [2.75, 3.05) is 7.05 Å². The molecule has 0 aliphatic rings. The highest BCUT2D eigenvalue weighted by Crippen LogP contribution is 2.16. The minimum Gasteiger partial charge on any atom is -0.377 e. The van der Waals surface area contributed by atoms with Crippen molar-refractivity contribution in [2.24, 2.45) is 0 Å². The third kappa shape index (κ3) is 2.28. The zero-order valence-electron chi connectivity index (χ0n) is 7.13. The molecule has 0 heterocycles. The molecule has 1 aromatic rings. The molecule has 0 saturated carbocycles. The number of rotatable bonds is 3. The second kappa shape index (κ2) is 4.17. The van der Waals surface area contributed by atoms with Crippen molar-refractivity contribution in [1.82, 2.24) is 4.90 Å². The van der Waals surface area contributed by atoms with Crippen LogP contribution in [-0.2, 0) is 6.54 Å². The maximum Gasteiger partial charge on any atom is 0.0455 e. The van der Waals surface area contributed by atoms with E-state index in [2.05, 4.69) is 6.58 Å². The third-order valence-corrected chi connectivity index (χ3v) is 2.06. The Morgan fingerprint density at radius 1 is 1.50 bits per heavy atom. The van der Waals surface area contributed by atoms with Gasteiger partial charge in [-0.15, -0.1) is 0 Å². The summed E-state index contributed by atoms with van der Waals surface area (Å²) in [4.78, 5) is 1.99. The van der Waals surface area contributed by atoms with Crippen molar-refractivity contribution < 1.29 is 0 Å². The Labute approximate surface area is 78.3 Å². The highest BCUT2D eigenvalue weighted by molar-refractivity contribution is 6.31. The van der Waals surface area contributed by atoms with Gasteiger partial charge in [0, 0.05) is 18.6 Å². The fourth-order valence-electron chi connectivity index (χ4n) is 0.960. The molecule has 1 nitrogen and oxygen atoms in total. The van der Waals surface area contributed by atoms with Gasteiger partial charge in [0.05, 0.1) is 0 Å². The lowest BCUT2D eigenvalue weighted by Gasteiger charge is -2.13. The first-order chi connectivity index (χ1) is 5.74. The van der Waals surface area contributed by atoms with Gasteiger partial charge in [0.2, 0.25) is 0 Å². The first kappa shape index (κ1) is 9.14. The summed E-state index contributed by atoms with van der Waals surface area (Å²) in [7, 11) is 1.97.